The minimum Gasteiger partial charge on any atom is -0.383 e. The molecular formula is C27H20F2N6O3S. The Kier molecular flexibility index (Phi) is 5.57. The van der Waals surface area contributed by atoms with Crippen LogP contribution < -0.4 is 5.73 Å². The fourth-order valence-electron chi connectivity index (χ4n) is 4.49. The lowest BCUT2D eigenvalue weighted by Gasteiger charge is -2.12. The van der Waals surface area contributed by atoms with Crippen LogP contribution in [0.1, 0.15) is 33.9 Å². The maximum atomic E-state index is 13.8. The van der Waals surface area contributed by atoms with Crippen molar-refractivity contribution >= 4 is 43.6 Å². The lowest BCUT2D eigenvalue weighted by atomic mass is 10.1. The number of nitrogens with zero attached hydrogens (tertiary/aromatic N) is 4. The Hall–Kier alpha value is -4.84. The van der Waals surface area contributed by atoms with E-state index in [0.29, 0.717) is 27.6 Å². The highest BCUT2D eigenvalue weighted by atomic mass is 32.2. The number of hydrogen-bond donors (Lipinski definition) is 2. The zero-order valence-electron chi connectivity index (χ0n) is 20.3. The summed E-state index contributed by atoms with van der Waals surface area (Å²) in [5.74, 6) is -1.15. The molecule has 0 aliphatic carbocycles. The second kappa shape index (κ2) is 8.88. The molecule has 9 nitrogen and oxygen atoms in total. The van der Waals surface area contributed by atoms with Crippen molar-refractivity contribution in [3.05, 3.63) is 102 Å². The Balaban J connectivity index is 1.46. The van der Waals surface area contributed by atoms with Gasteiger partial charge in [0, 0.05) is 5.39 Å². The summed E-state index contributed by atoms with van der Waals surface area (Å²) in [6, 6.07) is 19.3. The molecule has 3 N–H and O–H groups in total. The van der Waals surface area contributed by atoms with E-state index in [1.54, 1.807) is 42.5 Å². The zero-order valence-corrected chi connectivity index (χ0v) is 21.2. The topological polar surface area (TPSA) is 129 Å². The van der Waals surface area contributed by atoms with Crippen LogP contribution in [0.5, 0.6) is 0 Å². The minimum atomic E-state index is -4.15. The first kappa shape index (κ1) is 24.5. The SMILES string of the molecule is Cc1ccc(S(=O)(=O)n2c(C(=O)c3cnn(-c4ccc5nc(C(F)F)[nH]c5c4)c3N)cc3ccccc32)cc1. The van der Waals surface area contributed by atoms with Crippen LogP contribution in [0.4, 0.5) is 14.6 Å². The van der Waals surface area contributed by atoms with E-state index in [9.17, 15) is 22.0 Å². The van der Waals surface area contributed by atoms with E-state index < -0.39 is 28.1 Å². The number of fused-ring (bicyclic) bond motifs is 2. The summed E-state index contributed by atoms with van der Waals surface area (Å²) >= 11 is 0. The summed E-state index contributed by atoms with van der Waals surface area (Å²) in [5.41, 5.74) is 8.51. The second-order valence-electron chi connectivity index (χ2n) is 8.98. The van der Waals surface area contributed by atoms with Crippen LogP contribution in [-0.4, -0.2) is 37.9 Å². The third kappa shape index (κ3) is 3.96. The van der Waals surface area contributed by atoms with Gasteiger partial charge in [0.1, 0.15) is 11.5 Å². The largest absolute Gasteiger partial charge is 0.383 e. The molecule has 0 saturated carbocycles. The first-order valence-electron chi connectivity index (χ1n) is 11.7. The standard InChI is InChI=1S/C27H20F2N6O3S/c1-15-6-9-18(10-7-15)39(37,38)35-22-5-3-2-4-16(22)12-23(35)24(36)19-14-31-34(26(19)30)17-8-11-20-21(13-17)33-27(32-20)25(28)29/h2-14,25H,30H2,1H3,(H,32,33). The van der Waals surface area contributed by atoms with Gasteiger partial charge in [-0.1, -0.05) is 35.9 Å². The fourth-order valence-corrected chi connectivity index (χ4v) is 6.00. The van der Waals surface area contributed by atoms with Gasteiger partial charge >= 0.3 is 0 Å². The first-order valence-corrected chi connectivity index (χ1v) is 13.2. The average molecular weight is 547 g/mol. The molecule has 0 aliphatic heterocycles. The number of halogens is 2. The average Bonchev–Trinajstić information content (AvgIpc) is 3.63. The smallest absolute Gasteiger partial charge is 0.295 e. The number of carbonyl (C=O) groups is 1. The van der Waals surface area contributed by atoms with Crippen molar-refractivity contribution in [2.75, 3.05) is 5.73 Å². The first-order chi connectivity index (χ1) is 18.6. The predicted molar refractivity (Wildman–Crippen MR) is 142 cm³/mol. The van der Waals surface area contributed by atoms with Gasteiger partial charge in [0.05, 0.1) is 38.9 Å². The molecule has 3 aromatic carbocycles. The number of ketones is 1. The molecular weight excluding hydrogens is 526 g/mol. The Bertz CT molecular complexity index is 2010. The number of aryl methyl sites for hydroxylation is 1. The zero-order chi connectivity index (χ0) is 27.5. The van der Waals surface area contributed by atoms with E-state index in [1.165, 1.54) is 41.2 Å². The van der Waals surface area contributed by atoms with Gasteiger partial charge in [-0.15, -0.1) is 0 Å². The van der Waals surface area contributed by atoms with Gasteiger partial charge in [0.15, 0.2) is 5.82 Å². The molecule has 196 valence electrons. The number of hydrogen-bond acceptors (Lipinski definition) is 6. The summed E-state index contributed by atoms with van der Waals surface area (Å²) < 4.78 is 55.9. The number of aromatic nitrogens is 5. The van der Waals surface area contributed by atoms with Gasteiger partial charge < -0.3 is 10.7 Å². The molecule has 6 aromatic rings. The van der Waals surface area contributed by atoms with E-state index in [4.69, 9.17) is 5.73 Å². The predicted octanol–water partition coefficient (Wildman–Crippen LogP) is 5.00. The van der Waals surface area contributed by atoms with Gasteiger partial charge in [0.25, 0.3) is 16.4 Å². The summed E-state index contributed by atoms with van der Waals surface area (Å²) in [6.45, 7) is 1.85. The Morgan fingerprint density at radius 1 is 1.03 bits per heavy atom. The molecule has 39 heavy (non-hydrogen) atoms. The molecule has 0 spiro atoms. The van der Waals surface area contributed by atoms with Gasteiger partial charge in [0.2, 0.25) is 5.78 Å². The molecule has 0 radical (unpaired) electrons. The van der Waals surface area contributed by atoms with Crippen molar-refractivity contribution in [1.29, 1.82) is 0 Å². The van der Waals surface area contributed by atoms with Crippen LogP contribution in [0, 0.1) is 6.92 Å². The maximum absolute atomic E-state index is 13.8. The third-order valence-electron chi connectivity index (χ3n) is 6.44. The highest BCUT2D eigenvalue weighted by Crippen LogP contribution is 2.30. The van der Waals surface area contributed by atoms with E-state index >= 15 is 0 Å². The molecule has 0 fully saturated rings. The molecule has 3 heterocycles. The molecule has 0 bridgehead atoms. The Morgan fingerprint density at radius 2 is 1.77 bits per heavy atom. The Labute approximate surface area is 220 Å². The molecule has 0 unspecified atom stereocenters. The van der Waals surface area contributed by atoms with Crippen LogP contribution in [0.15, 0.2) is 83.9 Å². The van der Waals surface area contributed by atoms with Crippen molar-refractivity contribution in [2.45, 2.75) is 18.2 Å². The number of nitrogens with two attached hydrogens (primary N) is 1. The van der Waals surface area contributed by atoms with E-state index in [0.717, 1.165) is 9.54 Å². The highest BCUT2D eigenvalue weighted by molar-refractivity contribution is 7.90. The third-order valence-corrected chi connectivity index (χ3v) is 8.19. The van der Waals surface area contributed by atoms with Gasteiger partial charge in [-0.3, -0.25) is 4.79 Å². The number of anilines is 1. The number of H-pyrrole nitrogens is 1. The number of rotatable bonds is 6. The van der Waals surface area contributed by atoms with Crippen LogP contribution in [0.2, 0.25) is 0 Å². The number of para-hydroxylation sites is 1. The van der Waals surface area contributed by atoms with Crippen molar-refractivity contribution in [3.8, 4) is 5.69 Å². The lowest BCUT2D eigenvalue weighted by Crippen LogP contribution is -2.19. The second-order valence-corrected chi connectivity index (χ2v) is 10.8. The molecule has 0 amide bonds. The molecule has 6 rings (SSSR count). The number of benzene rings is 3. The van der Waals surface area contributed by atoms with Crippen LogP contribution in [0.3, 0.4) is 0 Å². The van der Waals surface area contributed by atoms with E-state index in [1.807, 2.05) is 6.92 Å². The number of nitrogen functional groups attached to an aromatic ring is 1. The fraction of sp³-hybridized carbons (Fsp3) is 0.0741. The van der Waals surface area contributed by atoms with E-state index in [2.05, 4.69) is 15.1 Å². The quantitative estimate of drug-likeness (QED) is 0.283. The van der Waals surface area contributed by atoms with Crippen molar-refractivity contribution in [2.24, 2.45) is 0 Å². The number of imidazole rings is 1. The molecule has 3 aromatic heterocycles. The van der Waals surface area contributed by atoms with Gasteiger partial charge in [-0.2, -0.15) is 5.10 Å². The summed E-state index contributed by atoms with van der Waals surface area (Å²) in [7, 11) is -4.15. The van der Waals surface area contributed by atoms with Gasteiger partial charge in [-0.25, -0.2) is 30.8 Å². The van der Waals surface area contributed by atoms with Gasteiger partial charge in [-0.05, 0) is 49.4 Å². The van der Waals surface area contributed by atoms with Crippen LogP contribution >= 0.6 is 0 Å². The van der Waals surface area contributed by atoms with Crippen molar-refractivity contribution in [1.82, 2.24) is 23.7 Å². The number of carbonyl (C=O) groups excluding carboxylic acids is 1. The number of nitrogens with one attached hydrogen (secondary N) is 1. The molecule has 0 atom stereocenters. The van der Waals surface area contributed by atoms with E-state index in [-0.39, 0.29) is 22.0 Å². The number of aromatic amines is 1. The van der Waals surface area contributed by atoms with Crippen molar-refractivity contribution < 1.29 is 22.0 Å². The molecule has 12 heteroatoms. The summed E-state index contributed by atoms with van der Waals surface area (Å²) in [6.07, 6.45) is -1.51. The lowest BCUT2D eigenvalue weighted by molar-refractivity contribution is 0.103. The molecule has 0 aliphatic rings. The maximum Gasteiger partial charge on any atom is 0.295 e. The molecule has 0 saturated heterocycles. The summed E-state index contributed by atoms with van der Waals surface area (Å²) in [4.78, 5) is 20.2. The Morgan fingerprint density at radius 3 is 2.51 bits per heavy atom. The summed E-state index contributed by atoms with van der Waals surface area (Å²) in [5, 5.41) is 4.78. The monoisotopic (exact) mass is 546 g/mol. The van der Waals surface area contributed by atoms with Crippen LogP contribution in [0.25, 0.3) is 27.6 Å². The minimum absolute atomic E-state index is 0.0175. The number of alkyl halides is 2. The van der Waals surface area contributed by atoms with Crippen molar-refractivity contribution in [3.63, 3.8) is 0 Å². The normalized spacial score (nSPS) is 12.1. The van der Waals surface area contributed by atoms with Crippen LogP contribution in [-0.2, 0) is 10.0 Å². The highest BCUT2D eigenvalue weighted by Gasteiger charge is 2.29.